The Balaban J connectivity index is 1.83. The number of aryl methyl sites for hydroxylation is 2. The van der Waals surface area contributed by atoms with Gasteiger partial charge in [0.1, 0.15) is 11.6 Å². The molecule has 1 aromatic heterocycles. The molecule has 0 saturated heterocycles. The second-order valence-corrected chi connectivity index (χ2v) is 7.92. The summed E-state index contributed by atoms with van der Waals surface area (Å²) in [5.74, 6) is 0.783. The van der Waals surface area contributed by atoms with Crippen LogP contribution in [0.25, 0.3) is 10.9 Å². The number of carbonyl (C=O) groups is 2. The number of aromatic nitrogens is 2. The minimum absolute atomic E-state index is 0.0848. The number of aromatic amines is 1. The number of hydrogen-bond acceptors (Lipinski definition) is 5. The third kappa shape index (κ3) is 5.78. The van der Waals surface area contributed by atoms with E-state index >= 15 is 0 Å². The van der Waals surface area contributed by atoms with Gasteiger partial charge < -0.3 is 20.3 Å². The summed E-state index contributed by atoms with van der Waals surface area (Å²) in [6, 6.07) is 7.79. The second kappa shape index (κ2) is 10.6. The van der Waals surface area contributed by atoms with Gasteiger partial charge in [-0.15, -0.1) is 6.42 Å². The minimum Gasteiger partial charge on any atom is -0.481 e. The van der Waals surface area contributed by atoms with Crippen LogP contribution >= 0.6 is 0 Å². The van der Waals surface area contributed by atoms with Gasteiger partial charge >= 0.3 is 5.97 Å². The van der Waals surface area contributed by atoms with Gasteiger partial charge in [-0.05, 0) is 61.7 Å². The van der Waals surface area contributed by atoms with Crippen LogP contribution in [0.3, 0.4) is 0 Å². The molecular formula is C25H25FN4O4. The van der Waals surface area contributed by atoms with Crippen molar-refractivity contribution in [2.24, 2.45) is 0 Å². The fourth-order valence-electron chi connectivity index (χ4n) is 3.60. The lowest BCUT2D eigenvalue weighted by molar-refractivity contribution is -0.137. The van der Waals surface area contributed by atoms with E-state index in [2.05, 4.69) is 21.2 Å². The standard InChI is InChI=1S/C25H25FN4O4/c1-4-10-30(14-17-12-20-22(11-15(17)2)28-16(3)29-25(20)34)18-7-8-19(21(26)13-18)24(33)27-9-5-6-23(31)32/h1,7-8,11-13H,5-6,9-10,14H2,2-3H3,(H,27,33)(H,31,32)(H,28,29,34). The average molecular weight is 464 g/mol. The van der Waals surface area contributed by atoms with Gasteiger partial charge in [0, 0.05) is 25.2 Å². The summed E-state index contributed by atoms with van der Waals surface area (Å²) in [6.07, 6.45) is 5.70. The average Bonchev–Trinajstić information content (AvgIpc) is 2.76. The third-order valence-electron chi connectivity index (χ3n) is 5.34. The van der Waals surface area contributed by atoms with Gasteiger partial charge in [-0.2, -0.15) is 0 Å². The van der Waals surface area contributed by atoms with E-state index in [0.717, 1.165) is 11.1 Å². The quantitative estimate of drug-likeness (QED) is 0.331. The molecule has 0 spiro atoms. The van der Waals surface area contributed by atoms with Crippen LogP contribution in [0.5, 0.6) is 0 Å². The number of fused-ring (bicyclic) bond motifs is 1. The number of aliphatic carboxylic acids is 1. The minimum atomic E-state index is -0.962. The van der Waals surface area contributed by atoms with Crippen molar-refractivity contribution < 1.29 is 19.1 Å². The largest absolute Gasteiger partial charge is 0.481 e. The van der Waals surface area contributed by atoms with Crippen molar-refractivity contribution >= 4 is 28.5 Å². The molecule has 0 radical (unpaired) electrons. The zero-order valence-corrected chi connectivity index (χ0v) is 18.9. The van der Waals surface area contributed by atoms with Crippen LogP contribution in [-0.4, -0.2) is 40.0 Å². The predicted molar refractivity (Wildman–Crippen MR) is 127 cm³/mol. The van der Waals surface area contributed by atoms with Crippen molar-refractivity contribution in [3.05, 3.63) is 69.0 Å². The topological polar surface area (TPSA) is 115 Å². The molecule has 0 aliphatic heterocycles. The van der Waals surface area contributed by atoms with E-state index in [1.807, 2.05) is 13.0 Å². The summed E-state index contributed by atoms with van der Waals surface area (Å²) in [4.78, 5) is 44.0. The Labute approximate surface area is 195 Å². The van der Waals surface area contributed by atoms with E-state index in [-0.39, 0.29) is 37.1 Å². The highest BCUT2D eigenvalue weighted by atomic mass is 19.1. The molecular weight excluding hydrogens is 439 g/mol. The maximum atomic E-state index is 14.8. The number of carboxylic acid groups (broad SMARTS) is 1. The van der Waals surface area contributed by atoms with Gasteiger partial charge in [-0.25, -0.2) is 9.37 Å². The van der Waals surface area contributed by atoms with Crippen LogP contribution in [0, 0.1) is 32.0 Å². The molecule has 3 rings (SSSR count). The number of nitrogens with zero attached hydrogens (tertiary/aromatic N) is 2. The summed E-state index contributed by atoms with van der Waals surface area (Å²) in [7, 11) is 0. The van der Waals surface area contributed by atoms with Crippen molar-refractivity contribution in [3.8, 4) is 12.3 Å². The SMILES string of the molecule is C#CCN(Cc1cc2c(=O)[nH]c(C)nc2cc1C)c1ccc(C(=O)NCCCC(=O)O)c(F)c1. The summed E-state index contributed by atoms with van der Waals surface area (Å²) in [5, 5.41) is 11.6. The number of carboxylic acids is 1. The van der Waals surface area contributed by atoms with E-state index in [9.17, 15) is 18.8 Å². The summed E-state index contributed by atoms with van der Waals surface area (Å²) in [5.41, 5.74) is 2.43. The van der Waals surface area contributed by atoms with Gasteiger partial charge in [0.25, 0.3) is 11.5 Å². The number of amides is 1. The van der Waals surface area contributed by atoms with Crippen LogP contribution in [0.15, 0.2) is 35.1 Å². The molecule has 1 amide bonds. The Kier molecular flexibility index (Phi) is 7.64. The van der Waals surface area contributed by atoms with Crippen LogP contribution in [0.1, 0.15) is 40.2 Å². The maximum Gasteiger partial charge on any atom is 0.303 e. The maximum absolute atomic E-state index is 14.8. The molecule has 0 aliphatic carbocycles. The lowest BCUT2D eigenvalue weighted by Crippen LogP contribution is -2.27. The lowest BCUT2D eigenvalue weighted by Gasteiger charge is -2.24. The first-order chi connectivity index (χ1) is 16.2. The normalized spacial score (nSPS) is 10.6. The molecule has 0 saturated carbocycles. The molecule has 8 nitrogen and oxygen atoms in total. The number of carbonyl (C=O) groups excluding carboxylic acids is 1. The fourth-order valence-corrected chi connectivity index (χ4v) is 3.60. The number of H-pyrrole nitrogens is 1. The Morgan fingerprint density at radius 2 is 2.03 bits per heavy atom. The number of terminal acetylenes is 1. The van der Waals surface area contributed by atoms with E-state index in [1.165, 1.54) is 12.1 Å². The molecule has 0 aliphatic rings. The summed E-state index contributed by atoms with van der Waals surface area (Å²) in [6.45, 7) is 4.25. The Hall–Kier alpha value is -4.19. The summed E-state index contributed by atoms with van der Waals surface area (Å²) < 4.78 is 14.8. The Bertz CT molecular complexity index is 1340. The first-order valence-corrected chi connectivity index (χ1v) is 10.7. The number of halogens is 1. The molecule has 0 bridgehead atoms. The molecule has 1 heterocycles. The van der Waals surface area contributed by atoms with Gasteiger partial charge in [-0.3, -0.25) is 14.4 Å². The Morgan fingerprint density at radius 1 is 1.26 bits per heavy atom. The highest BCUT2D eigenvalue weighted by Crippen LogP contribution is 2.23. The fraction of sp³-hybridized carbons (Fsp3) is 0.280. The van der Waals surface area contributed by atoms with Gasteiger partial charge in [0.2, 0.25) is 0 Å². The van der Waals surface area contributed by atoms with Crippen molar-refractivity contribution in [2.75, 3.05) is 18.0 Å². The number of rotatable bonds is 9. The van der Waals surface area contributed by atoms with Gasteiger partial charge in [0.15, 0.2) is 0 Å². The van der Waals surface area contributed by atoms with Crippen LogP contribution in [0.4, 0.5) is 10.1 Å². The van der Waals surface area contributed by atoms with E-state index in [1.54, 1.807) is 24.0 Å². The Morgan fingerprint density at radius 3 is 2.71 bits per heavy atom. The van der Waals surface area contributed by atoms with Crippen molar-refractivity contribution in [1.82, 2.24) is 15.3 Å². The smallest absolute Gasteiger partial charge is 0.303 e. The van der Waals surface area contributed by atoms with Crippen molar-refractivity contribution in [1.29, 1.82) is 0 Å². The lowest BCUT2D eigenvalue weighted by atomic mass is 10.0. The molecule has 9 heteroatoms. The van der Waals surface area contributed by atoms with E-state index in [0.29, 0.717) is 29.0 Å². The molecule has 3 aromatic rings. The van der Waals surface area contributed by atoms with Gasteiger partial charge in [0.05, 0.1) is 23.0 Å². The molecule has 3 N–H and O–H groups in total. The molecule has 0 unspecified atom stereocenters. The van der Waals surface area contributed by atoms with Crippen LogP contribution < -0.4 is 15.8 Å². The van der Waals surface area contributed by atoms with Crippen molar-refractivity contribution in [2.45, 2.75) is 33.2 Å². The first-order valence-electron chi connectivity index (χ1n) is 10.7. The third-order valence-corrected chi connectivity index (χ3v) is 5.34. The number of benzene rings is 2. The summed E-state index contributed by atoms with van der Waals surface area (Å²) >= 11 is 0. The highest BCUT2D eigenvalue weighted by Gasteiger charge is 2.16. The molecule has 0 atom stereocenters. The molecule has 0 fully saturated rings. The first kappa shape index (κ1) is 24.5. The zero-order valence-electron chi connectivity index (χ0n) is 18.9. The zero-order chi connectivity index (χ0) is 24.8. The van der Waals surface area contributed by atoms with Gasteiger partial charge in [-0.1, -0.05) is 5.92 Å². The molecule has 34 heavy (non-hydrogen) atoms. The highest BCUT2D eigenvalue weighted by molar-refractivity contribution is 5.94. The van der Waals surface area contributed by atoms with Crippen molar-refractivity contribution in [3.63, 3.8) is 0 Å². The monoisotopic (exact) mass is 464 g/mol. The molecule has 2 aromatic carbocycles. The number of nitrogens with one attached hydrogen (secondary N) is 2. The van der Waals surface area contributed by atoms with E-state index in [4.69, 9.17) is 11.5 Å². The van der Waals surface area contributed by atoms with Crippen LogP contribution in [-0.2, 0) is 11.3 Å². The number of hydrogen-bond donors (Lipinski definition) is 3. The second-order valence-electron chi connectivity index (χ2n) is 7.92. The van der Waals surface area contributed by atoms with Crippen LogP contribution in [0.2, 0.25) is 0 Å². The van der Waals surface area contributed by atoms with E-state index < -0.39 is 17.7 Å². The number of anilines is 1. The molecule has 176 valence electrons. The predicted octanol–water partition coefficient (Wildman–Crippen LogP) is 2.91.